The van der Waals surface area contributed by atoms with Crippen LogP contribution in [0.25, 0.3) is 0 Å². The molecule has 0 aromatic heterocycles. The number of alkyl halides is 3. The third-order valence-electron chi connectivity index (χ3n) is 1.93. The van der Waals surface area contributed by atoms with Crippen molar-refractivity contribution in [2.45, 2.75) is 32.9 Å². The second-order valence-electron chi connectivity index (χ2n) is 3.42. The van der Waals surface area contributed by atoms with Gasteiger partial charge in [-0.2, -0.15) is 13.2 Å². The molecule has 0 aliphatic carbocycles. The molecule has 0 saturated carbocycles. The highest BCUT2D eigenvalue weighted by atomic mass is 19.4. The number of ether oxygens (including phenoxy) is 1. The van der Waals surface area contributed by atoms with Crippen LogP contribution in [0.15, 0.2) is 0 Å². The lowest BCUT2D eigenvalue weighted by Gasteiger charge is -2.23. The first-order chi connectivity index (χ1) is 7.40. The summed E-state index contributed by atoms with van der Waals surface area (Å²) in [6.07, 6.45) is -3.04. The van der Waals surface area contributed by atoms with E-state index in [1.165, 1.54) is 0 Å². The summed E-state index contributed by atoms with van der Waals surface area (Å²) in [5.41, 5.74) is 0. The van der Waals surface area contributed by atoms with Crippen LogP contribution in [0.5, 0.6) is 0 Å². The van der Waals surface area contributed by atoms with Gasteiger partial charge in [0.15, 0.2) is 0 Å². The predicted molar refractivity (Wildman–Crippen MR) is 54.0 cm³/mol. The first kappa shape index (κ1) is 15.2. The minimum absolute atomic E-state index is 0.127. The van der Waals surface area contributed by atoms with Gasteiger partial charge in [-0.05, 0) is 13.3 Å². The summed E-state index contributed by atoms with van der Waals surface area (Å²) in [6, 6.07) is 0. The molecule has 0 atom stereocenters. The smallest absolute Gasteiger partial charge is 0.372 e. The molecule has 0 spiro atoms. The average Bonchev–Trinajstić information content (AvgIpc) is 2.19. The van der Waals surface area contributed by atoms with E-state index in [1.807, 2.05) is 6.92 Å². The second kappa shape index (κ2) is 7.49. The molecule has 0 heterocycles. The molecule has 0 rings (SSSR count). The normalized spacial score (nSPS) is 11.6. The Morgan fingerprint density at radius 1 is 1.31 bits per heavy atom. The fourth-order valence-electron chi connectivity index (χ4n) is 1.14. The Morgan fingerprint density at radius 2 is 1.94 bits per heavy atom. The molecule has 3 nitrogen and oxygen atoms in total. The molecule has 0 radical (unpaired) electrons. The van der Waals surface area contributed by atoms with E-state index in [4.69, 9.17) is 4.74 Å². The molecule has 0 aromatic carbocycles. The molecule has 0 unspecified atom stereocenters. The third-order valence-corrected chi connectivity index (χ3v) is 1.93. The second-order valence-corrected chi connectivity index (χ2v) is 3.42. The third kappa shape index (κ3) is 7.50. The van der Waals surface area contributed by atoms with Crippen LogP contribution in [0.1, 0.15) is 26.7 Å². The van der Waals surface area contributed by atoms with Gasteiger partial charge < -0.3 is 9.64 Å². The van der Waals surface area contributed by atoms with Crippen LogP contribution in [0.4, 0.5) is 13.2 Å². The molecule has 0 aliphatic heterocycles. The zero-order chi connectivity index (χ0) is 12.6. The number of rotatable bonds is 7. The van der Waals surface area contributed by atoms with E-state index in [9.17, 15) is 18.0 Å². The van der Waals surface area contributed by atoms with Crippen molar-refractivity contribution >= 4 is 5.91 Å². The van der Waals surface area contributed by atoms with Crippen molar-refractivity contribution in [3.05, 3.63) is 0 Å². The number of hydrogen-bond donors (Lipinski definition) is 0. The molecule has 16 heavy (non-hydrogen) atoms. The number of unbranched alkanes of at least 4 members (excludes halogenated alkanes) is 1. The van der Waals surface area contributed by atoms with Gasteiger partial charge in [0, 0.05) is 13.2 Å². The summed E-state index contributed by atoms with van der Waals surface area (Å²) in [7, 11) is 0. The van der Waals surface area contributed by atoms with Gasteiger partial charge in [-0.25, -0.2) is 0 Å². The van der Waals surface area contributed by atoms with Crippen LogP contribution >= 0.6 is 0 Å². The van der Waals surface area contributed by atoms with E-state index in [0.717, 1.165) is 11.3 Å². The maximum atomic E-state index is 12.2. The van der Waals surface area contributed by atoms with E-state index >= 15 is 0 Å². The summed E-state index contributed by atoms with van der Waals surface area (Å²) in [5, 5.41) is 0. The Bertz CT molecular complexity index is 207. The molecule has 0 fully saturated rings. The first-order valence-corrected chi connectivity index (χ1v) is 5.33. The molecule has 6 heteroatoms. The van der Waals surface area contributed by atoms with Crippen molar-refractivity contribution in [2.24, 2.45) is 0 Å². The molecule has 0 saturated heterocycles. The molecule has 0 N–H and O–H groups in total. The summed E-state index contributed by atoms with van der Waals surface area (Å²) in [5.74, 6) is -0.604. The van der Waals surface area contributed by atoms with Crippen molar-refractivity contribution in [2.75, 3.05) is 26.3 Å². The lowest BCUT2D eigenvalue weighted by molar-refractivity contribution is -0.163. The minimum atomic E-state index is -4.35. The summed E-state index contributed by atoms with van der Waals surface area (Å²) in [4.78, 5) is 12.2. The number of nitrogens with zero attached hydrogens (tertiary/aromatic N) is 1. The highest BCUT2D eigenvalue weighted by molar-refractivity contribution is 5.77. The summed E-state index contributed by atoms with van der Waals surface area (Å²) < 4.78 is 41.4. The molecule has 0 aromatic rings. The number of hydrogen-bond acceptors (Lipinski definition) is 2. The maximum absolute atomic E-state index is 12.2. The van der Waals surface area contributed by atoms with E-state index in [-0.39, 0.29) is 13.2 Å². The van der Waals surface area contributed by atoms with Crippen LogP contribution in [-0.4, -0.2) is 43.3 Å². The highest BCUT2D eigenvalue weighted by Gasteiger charge is 2.32. The van der Waals surface area contributed by atoms with Crippen molar-refractivity contribution in [1.82, 2.24) is 4.90 Å². The lowest BCUT2D eigenvalue weighted by atomic mass is 10.3. The van der Waals surface area contributed by atoms with E-state index in [1.54, 1.807) is 6.92 Å². The summed E-state index contributed by atoms with van der Waals surface area (Å²) >= 11 is 0. The number of amides is 1. The fraction of sp³-hybridized carbons (Fsp3) is 0.900. The SMILES string of the molecule is CCCCN(CC(F)(F)F)C(=O)COCC. The van der Waals surface area contributed by atoms with Gasteiger partial charge in [-0.3, -0.25) is 4.79 Å². The van der Waals surface area contributed by atoms with Gasteiger partial charge in [-0.15, -0.1) is 0 Å². The molecule has 1 amide bonds. The van der Waals surface area contributed by atoms with Crippen LogP contribution in [0.3, 0.4) is 0 Å². The van der Waals surface area contributed by atoms with E-state index in [0.29, 0.717) is 13.0 Å². The maximum Gasteiger partial charge on any atom is 0.406 e. The Labute approximate surface area is 93.6 Å². The van der Waals surface area contributed by atoms with Crippen LogP contribution in [0, 0.1) is 0 Å². The van der Waals surface area contributed by atoms with E-state index in [2.05, 4.69) is 0 Å². The Morgan fingerprint density at radius 3 is 2.38 bits per heavy atom. The van der Waals surface area contributed by atoms with E-state index < -0.39 is 18.6 Å². The lowest BCUT2D eigenvalue weighted by Crippen LogP contribution is -2.41. The van der Waals surface area contributed by atoms with Gasteiger partial charge in [-0.1, -0.05) is 13.3 Å². The zero-order valence-corrected chi connectivity index (χ0v) is 9.64. The monoisotopic (exact) mass is 241 g/mol. The Balaban J connectivity index is 4.23. The van der Waals surface area contributed by atoms with Crippen LogP contribution in [-0.2, 0) is 9.53 Å². The topological polar surface area (TPSA) is 29.5 Å². The molecular weight excluding hydrogens is 223 g/mol. The number of halogens is 3. The molecule has 0 aliphatic rings. The first-order valence-electron chi connectivity index (χ1n) is 5.33. The Hall–Kier alpha value is -0.780. The number of carbonyl (C=O) groups excluding carboxylic acids is 1. The predicted octanol–water partition coefficient (Wildman–Crippen LogP) is 2.21. The number of carbonyl (C=O) groups is 1. The quantitative estimate of drug-likeness (QED) is 0.684. The largest absolute Gasteiger partial charge is 0.406 e. The van der Waals surface area contributed by atoms with Gasteiger partial charge in [0.2, 0.25) is 5.91 Å². The van der Waals surface area contributed by atoms with Crippen molar-refractivity contribution in [3.8, 4) is 0 Å². The Kier molecular flexibility index (Phi) is 7.12. The van der Waals surface area contributed by atoms with Crippen LogP contribution < -0.4 is 0 Å². The van der Waals surface area contributed by atoms with Crippen molar-refractivity contribution in [3.63, 3.8) is 0 Å². The van der Waals surface area contributed by atoms with Crippen molar-refractivity contribution in [1.29, 1.82) is 0 Å². The van der Waals surface area contributed by atoms with Crippen LogP contribution in [0.2, 0.25) is 0 Å². The minimum Gasteiger partial charge on any atom is -0.372 e. The van der Waals surface area contributed by atoms with Gasteiger partial charge in [0.1, 0.15) is 13.2 Å². The fourth-order valence-corrected chi connectivity index (χ4v) is 1.14. The summed E-state index contributed by atoms with van der Waals surface area (Å²) in [6.45, 7) is 2.52. The highest BCUT2D eigenvalue weighted by Crippen LogP contribution is 2.17. The standard InChI is InChI=1S/C10H18F3NO2/c1-3-5-6-14(8-10(11,12)13)9(15)7-16-4-2/h3-8H2,1-2H3. The average molecular weight is 241 g/mol. The van der Waals surface area contributed by atoms with Gasteiger partial charge in [0.25, 0.3) is 0 Å². The molecule has 0 bridgehead atoms. The van der Waals surface area contributed by atoms with Crippen molar-refractivity contribution < 1.29 is 22.7 Å². The molecular formula is C10H18F3NO2. The van der Waals surface area contributed by atoms with Gasteiger partial charge >= 0.3 is 6.18 Å². The molecule has 96 valence electrons. The van der Waals surface area contributed by atoms with Gasteiger partial charge in [0.05, 0.1) is 0 Å². The zero-order valence-electron chi connectivity index (χ0n) is 9.64.